The van der Waals surface area contributed by atoms with E-state index in [9.17, 15) is 0 Å². The average molecular weight is 464 g/mol. The van der Waals surface area contributed by atoms with Gasteiger partial charge in [-0.25, -0.2) is 9.98 Å². The van der Waals surface area contributed by atoms with E-state index in [-0.39, 0.29) is 29.4 Å². The summed E-state index contributed by atoms with van der Waals surface area (Å²) in [5.41, 5.74) is 0.161. The molecule has 1 aliphatic heterocycles. The lowest BCUT2D eigenvalue weighted by molar-refractivity contribution is -0.106. The Hall–Kier alpha value is -0.410. The summed E-state index contributed by atoms with van der Waals surface area (Å²) < 4.78 is 5.87. The van der Waals surface area contributed by atoms with Gasteiger partial charge >= 0.3 is 0 Å². The molecule has 24 heavy (non-hydrogen) atoms. The minimum absolute atomic E-state index is 0. The maximum atomic E-state index is 5.87. The Kier molecular flexibility index (Phi) is 6.90. The van der Waals surface area contributed by atoms with Crippen molar-refractivity contribution in [3.63, 3.8) is 0 Å². The SMILES string of the molecule is CCNC(=NCc1ncc(CC)s1)NC1C2CCOC2C1(C)C.I. The maximum absolute atomic E-state index is 5.87. The molecule has 2 heterocycles. The van der Waals surface area contributed by atoms with E-state index in [0.717, 1.165) is 37.0 Å². The van der Waals surface area contributed by atoms with Crippen LogP contribution < -0.4 is 10.6 Å². The third-order valence-corrected chi connectivity index (χ3v) is 6.19. The fourth-order valence-electron chi connectivity index (χ4n) is 3.82. The van der Waals surface area contributed by atoms with E-state index < -0.39 is 0 Å². The molecule has 3 rings (SSSR count). The predicted octanol–water partition coefficient (Wildman–Crippen LogP) is 3.19. The number of guanidine groups is 1. The summed E-state index contributed by atoms with van der Waals surface area (Å²) in [4.78, 5) is 10.5. The highest BCUT2D eigenvalue weighted by Crippen LogP contribution is 2.52. The van der Waals surface area contributed by atoms with E-state index >= 15 is 0 Å². The summed E-state index contributed by atoms with van der Waals surface area (Å²) in [6.07, 6.45) is 4.55. The first kappa shape index (κ1) is 19.9. The Balaban J connectivity index is 0.00000208. The van der Waals surface area contributed by atoms with E-state index in [2.05, 4.69) is 43.3 Å². The highest BCUT2D eigenvalue weighted by molar-refractivity contribution is 14.0. The van der Waals surface area contributed by atoms with E-state index in [1.54, 1.807) is 11.3 Å². The Morgan fingerprint density at radius 3 is 2.92 bits per heavy atom. The lowest BCUT2D eigenvalue weighted by Crippen LogP contribution is -2.67. The van der Waals surface area contributed by atoms with E-state index in [0.29, 0.717) is 24.6 Å². The van der Waals surface area contributed by atoms with Gasteiger partial charge in [0, 0.05) is 41.6 Å². The first-order valence-corrected chi connectivity index (χ1v) is 9.48. The fraction of sp³-hybridized carbons (Fsp3) is 0.765. The van der Waals surface area contributed by atoms with Crippen molar-refractivity contribution in [2.75, 3.05) is 13.2 Å². The number of nitrogens with one attached hydrogen (secondary N) is 2. The fourth-order valence-corrected chi connectivity index (χ4v) is 4.60. The average Bonchev–Trinajstić information content (AvgIpc) is 3.17. The van der Waals surface area contributed by atoms with Crippen molar-refractivity contribution in [2.24, 2.45) is 16.3 Å². The number of aromatic nitrogens is 1. The van der Waals surface area contributed by atoms with Crippen molar-refractivity contribution >= 4 is 41.3 Å². The second-order valence-electron chi connectivity index (χ2n) is 6.96. The third kappa shape index (κ3) is 3.88. The van der Waals surface area contributed by atoms with Gasteiger partial charge in [0.05, 0.1) is 12.6 Å². The normalized spacial score (nSPS) is 27.8. The maximum Gasteiger partial charge on any atom is 0.191 e. The van der Waals surface area contributed by atoms with Crippen LogP contribution in [-0.2, 0) is 17.7 Å². The Bertz CT molecular complexity index is 575. The molecule has 136 valence electrons. The molecule has 1 saturated carbocycles. The number of aryl methyl sites for hydroxylation is 1. The lowest BCUT2D eigenvalue weighted by atomic mass is 9.57. The second kappa shape index (κ2) is 8.31. The molecule has 0 radical (unpaired) electrons. The molecule has 1 aromatic rings. The van der Waals surface area contributed by atoms with Crippen molar-refractivity contribution in [3.05, 3.63) is 16.1 Å². The van der Waals surface area contributed by atoms with Crippen LogP contribution in [-0.4, -0.2) is 36.2 Å². The molecule has 0 aromatic carbocycles. The largest absolute Gasteiger partial charge is 0.377 e. The molecule has 0 spiro atoms. The van der Waals surface area contributed by atoms with Gasteiger partial charge in [0.25, 0.3) is 0 Å². The Morgan fingerprint density at radius 2 is 2.25 bits per heavy atom. The zero-order valence-corrected chi connectivity index (χ0v) is 18.1. The third-order valence-electron chi connectivity index (χ3n) is 5.06. The Morgan fingerprint density at radius 1 is 1.46 bits per heavy atom. The monoisotopic (exact) mass is 464 g/mol. The molecule has 2 fully saturated rings. The van der Waals surface area contributed by atoms with Crippen LogP contribution in [0.5, 0.6) is 0 Å². The van der Waals surface area contributed by atoms with Crippen LogP contribution in [0.15, 0.2) is 11.2 Å². The van der Waals surface area contributed by atoms with Crippen LogP contribution in [0.4, 0.5) is 0 Å². The smallest absolute Gasteiger partial charge is 0.191 e. The number of nitrogens with zero attached hydrogens (tertiary/aromatic N) is 2. The molecule has 0 amide bonds. The molecular formula is C17H29IN4OS. The minimum Gasteiger partial charge on any atom is -0.377 e. The van der Waals surface area contributed by atoms with Gasteiger partial charge in [-0.15, -0.1) is 35.3 Å². The van der Waals surface area contributed by atoms with Gasteiger partial charge in [-0.3, -0.25) is 0 Å². The number of halogens is 1. The summed E-state index contributed by atoms with van der Waals surface area (Å²) in [6, 6.07) is 0.426. The number of thiazole rings is 1. The van der Waals surface area contributed by atoms with Crippen LogP contribution in [0.1, 0.15) is 44.0 Å². The number of ether oxygens (including phenoxy) is 1. The standard InChI is InChI=1S/C17H28N4OS.HI/c1-5-11-9-19-13(23-11)10-20-16(18-6-2)21-14-12-7-8-22-15(12)17(14,3)4;/h9,12,14-15H,5-8,10H2,1-4H3,(H2,18,20,21);1H. The molecule has 1 saturated heterocycles. The molecule has 3 unspecified atom stereocenters. The van der Waals surface area contributed by atoms with Gasteiger partial charge < -0.3 is 15.4 Å². The molecule has 1 aliphatic carbocycles. The van der Waals surface area contributed by atoms with Gasteiger partial charge in [0.2, 0.25) is 0 Å². The molecule has 0 bridgehead atoms. The molecule has 2 N–H and O–H groups in total. The summed E-state index contributed by atoms with van der Waals surface area (Å²) in [7, 11) is 0. The highest BCUT2D eigenvalue weighted by atomic mass is 127. The first-order valence-electron chi connectivity index (χ1n) is 8.66. The first-order chi connectivity index (χ1) is 11.1. The highest BCUT2D eigenvalue weighted by Gasteiger charge is 2.59. The number of hydrogen-bond acceptors (Lipinski definition) is 4. The summed E-state index contributed by atoms with van der Waals surface area (Å²) >= 11 is 1.75. The van der Waals surface area contributed by atoms with Crippen LogP contribution in [0.25, 0.3) is 0 Å². The van der Waals surface area contributed by atoms with Gasteiger partial charge in [0.1, 0.15) is 5.01 Å². The molecule has 3 atom stereocenters. The van der Waals surface area contributed by atoms with Crippen LogP contribution in [0, 0.1) is 11.3 Å². The lowest BCUT2D eigenvalue weighted by Gasteiger charge is -2.54. The van der Waals surface area contributed by atoms with Gasteiger partial charge in [0.15, 0.2) is 5.96 Å². The van der Waals surface area contributed by atoms with Crippen LogP contribution in [0.2, 0.25) is 0 Å². The van der Waals surface area contributed by atoms with Crippen molar-refractivity contribution in [1.29, 1.82) is 0 Å². The van der Waals surface area contributed by atoms with Crippen LogP contribution >= 0.6 is 35.3 Å². The summed E-state index contributed by atoms with van der Waals surface area (Å²) in [5, 5.41) is 8.09. The number of fused-ring (bicyclic) bond motifs is 1. The Labute approximate surface area is 166 Å². The van der Waals surface area contributed by atoms with Crippen molar-refractivity contribution < 1.29 is 4.74 Å². The van der Waals surface area contributed by atoms with E-state index in [1.807, 2.05) is 6.20 Å². The van der Waals surface area contributed by atoms with Gasteiger partial charge in [-0.1, -0.05) is 20.8 Å². The summed E-state index contributed by atoms with van der Waals surface area (Å²) in [6.45, 7) is 11.2. The number of aliphatic imine (C=N–C) groups is 1. The van der Waals surface area contributed by atoms with Crippen molar-refractivity contribution in [2.45, 2.75) is 59.2 Å². The second-order valence-corrected chi connectivity index (χ2v) is 8.16. The zero-order valence-electron chi connectivity index (χ0n) is 15.0. The summed E-state index contributed by atoms with van der Waals surface area (Å²) in [5.74, 6) is 1.50. The predicted molar refractivity (Wildman–Crippen MR) is 110 cm³/mol. The molecule has 2 aliphatic rings. The topological polar surface area (TPSA) is 58.5 Å². The quantitative estimate of drug-likeness (QED) is 0.399. The zero-order chi connectivity index (χ0) is 16.4. The van der Waals surface area contributed by atoms with Gasteiger partial charge in [-0.05, 0) is 19.8 Å². The van der Waals surface area contributed by atoms with E-state index in [4.69, 9.17) is 9.73 Å². The van der Waals surface area contributed by atoms with E-state index in [1.165, 1.54) is 4.88 Å². The van der Waals surface area contributed by atoms with Crippen molar-refractivity contribution in [1.82, 2.24) is 15.6 Å². The molecule has 7 heteroatoms. The molecule has 5 nitrogen and oxygen atoms in total. The van der Waals surface area contributed by atoms with Crippen molar-refractivity contribution in [3.8, 4) is 0 Å². The van der Waals surface area contributed by atoms with Gasteiger partial charge in [-0.2, -0.15) is 0 Å². The minimum atomic E-state index is 0. The number of hydrogen-bond donors (Lipinski definition) is 2. The molecular weight excluding hydrogens is 435 g/mol. The molecule has 1 aromatic heterocycles. The number of rotatable bonds is 5. The van der Waals surface area contributed by atoms with Crippen LogP contribution in [0.3, 0.4) is 0 Å².